The molecule has 144 valence electrons. The van der Waals surface area contributed by atoms with E-state index < -0.39 is 0 Å². The minimum absolute atomic E-state index is 0. The Bertz CT molecular complexity index is 830. The van der Waals surface area contributed by atoms with Crippen LogP contribution < -0.4 is 40.2 Å². The molecular formula is C23H28NNaO2S. The van der Waals surface area contributed by atoms with Gasteiger partial charge in [0, 0.05) is 18.0 Å². The molecule has 1 heterocycles. The van der Waals surface area contributed by atoms with E-state index in [2.05, 4.69) is 6.92 Å². The van der Waals surface area contributed by atoms with E-state index in [1.807, 2.05) is 51.8 Å². The van der Waals surface area contributed by atoms with E-state index in [4.69, 9.17) is 0 Å². The Morgan fingerprint density at radius 1 is 0.857 bits per heavy atom. The first-order chi connectivity index (χ1) is 13.2. The number of aromatic nitrogens is 1. The molecule has 5 heteroatoms. The van der Waals surface area contributed by atoms with Gasteiger partial charge in [-0.15, -0.1) is 5.75 Å². The van der Waals surface area contributed by atoms with E-state index in [-0.39, 0.29) is 40.9 Å². The fraction of sp³-hybridized carbons (Fsp3) is 0.348. The summed E-state index contributed by atoms with van der Waals surface area (Å²) in [6, 6.07) is 18.4. The van der Waals surface area contributed by atoms with Crippen molar-refractivity contribution >= 4 is 11.5 Å². The van der Waals surface area contributed by atoms with E-state index in [9.17, 15) is 9.90 Å². The molecule has 0 bridgehead atoms. The quantitative estimate of drug-likeness (QED) is 0.427. The Kier molecular flexibility index (Phi) is 12.9. The van der Waals surface area contributed by atoms with Crippen molar-refractivity contribution in [1.82, 2.24) is 3.96 Å². The first-order valence-electron chi connectivity index (χ1n) is 9.68. The number of unbranched alkanes of at least 4 members (excludes halogenated alkanes) is 5. The topological polar surface area (TPSA) is 45.1 Å². The smallest absolute Gasteiger partial charge is 0.872 e. The summed E-state index contributed by atoms with van der Waals surface area (Å²) in [5.74, 6) is 0.0775. The van der Waals surface area contributed by atoms with Gasteiger partial charge in [-0.3, -0.25) is 8.75 Å². The molecule has 0 aliphatic rings. The van der Waals surface area contributed by atoms with E-state index in [1.165, 1.54) is 43.6 Å². The van der Waals surface area contributed by atoms with Gasteiger partial charge in [-0.05, 0) is 17.5 Å². The van der Waals surface area contributed by atoms with Crippen LogP contribution in [0, 0.1) is 0 Å². The van der Waals surface area contributed by atoms with Crippen molar-refractivity contribution in [1.29, 1.82) is 0 Å². The average molecular weight is 406 g/mol. The molecule has 3 nitrogen and oxygen atoms in total. The Morgan fingerprint density at radius 2 is 1.50 bits per heavy atom. The van der Waals surface area contributed by atoms with Crippen LogP contribution in [0.25, 0.3) is 11.1 Å². The summed E-state index contributed by atoms with van der Waals surface area (Å²) in [6.45, 7) is 3.13. The Balaban J connectivity index is 0.000000271. The molecule has 0 amide bonds. The minimum atomic E-state index is 0. The number of rotatable bonds is 8. The molecule has 0 radical (unpaired) electrons. The summed E-state index contributed by atoms with van der Waals surface area (Å²) in [4.78, 5) is 11.2. The second kappa shape index (κ2) is 14.6. The summed E-state index contributed by atoms with van der Waals surface area (Å²) in [7, 11) is 0. The van der Waals surface area contributed by atoms with Crippen LogP contribution in [0.3, 0.4) is 0 Å². The number of nitrogens with zero attached hydrogens (tertiary/aromatic N) is 1. The van der Waals surface area contributed by atoms with Crippen LogP contribution in [0.15, 0.2) is 70.8 Å². The normalized spacial score (nSPS) is 9.89. The van der Waals surface area contributed by atoms with Crippen LogP contribution in [-0.2, 0) is 6.54 Å². The van der Waals surface area contributed by atoms with Crippen LogP contribution in [0.2, 0.25) is 0 Å². The van der Waals surface area contributed by atoms with Gasteiger partial charge in [0.25, 0.3) is 5.56 Å². The van der Waals surface area contributed by atoms with E-state index in [1.54, 1.807) is 18.2 Å². The fourth-order valence-electron chi connectivity index (χ4n) is 2.82. The fourth-order valence-corrected chi connectivity index (χ4v) is 3.54. The molecular weight excluding hydrogens is 377 g/mol. The molecule has 3 rings (SSSR count). The van der Waals surface area contributed by atoms with Crippen molar-refractivity contribution in [2.24, 2.45) is 0 Å². The SMILES string of the molecule is CCCCCCCCn1sccc1=O.[Na+].[O-]c1ccccc1-c1ccccc1. The number of benzene rings is 2. The molecule has 0 unspecified atom stereocenters. The van der Waals surface area contributed by atoms with Gasteiger partial charge < -0.3 is 5.11 Å². The van der Waals surface area contributed by atoms with Crippen LogP contribution in [-0.4, -0.2) is 3.96 Å². The predicted octanol–water partition coefficient (Wildman–Crippen LogP) is 2.70. The van der Waals surface area contributed by atoms with Crippen LogP contribution in [0.4, 0.5) is 0 Å². The van der Waals surface area contributed by atoms with Crippen molar-refractivity contribution < 1.29 is 34.7 Å². The second-order valence-electron chi connectivity index (χ2n) is 6.48. The molecule has 0 fully saturated rings. The molecule has 1 aromatic heterocycles. The third-order valence-electron chi connectivity index (χ3n) is 4.33. The first kappa shape index (κ1) is 24.7. The molecule has 0 spiro atoms. The third kappa shape index (κ3) is 8.78. The molecule has 0 saturated carbocycles. The Hall–Kier alpha value is -1.33. The van der Waals surface area contributed by atoms with Crippen molar-refractivity contribution in [3.8, 4) is 16.9 Å². The third-order valence-corrected chi connectivity index (χ3v) is 5.21. The summed E-state index contributed by atoms with van der Waals surface area (Å²) in [6.07, 6.45) is 7.70. The minimum Gasteiger partial charge on any atom is -0.872 e. The van der Waals surface area contributed by atoms with E-state index in [0.717, 1.165) is 24.1 Å². The maximum Gasteiger partial charge on any atom is 1.00 e. The molecule has 0 saturated heterocycles. The zero-order valence-electron chi connectivity index (χ0n) is 17.0. The molecule has 0 atom stereocenters. The zero-order valence-corrected chi connectivity index (χ0v) is 19.8. The van der Waals surface area contributed by atoms with Crippen LogP contribution in [0.1, 0.15) is 45.4 Å². The number of aryl methyl sites for hydroxylation is 1. The summed E-state index contributed by atoms with van der Waals surface area (Å²) in [5, 5.41) is 13.3. The molecule has 0 N–H and O–H groups in total. The number of para-hydroxylation sites is 1. The second-order valence-corrected chi connectivity index (χ2v) is 7.40. The standard InChI is InChI=1S/C12H10O.C11H19NOS.Na/c13-12-9-5-4-8-11(12)10-6-2-1-3-7-10;1-2-3-4-5-6-7-9-12-11(13)8-10-14-12;/h1-9,13H;8,10H,2-7,9H2,1H3;/q;;+1/p-1. The summed E-state index contributed by atoms with van der Waals surface area (Å²) in [5.41, 5.74) is 1.90. The van der Waals surface area contributed by atoms with Gasteiger partial charge in [0.2, 0.25) is 0 Å². The van der Waals surface area contributed by atoms with Gasteiger partial charge in [-0.2, -0.15) is 0 Å². The van der Waals surface area contributed by atoms with Crippen LogP contribution >= 0.6 is 11.5 Å². The monoisotopic (exact) mass is 405 g/mol. The van der Waals surface area contributed by atoms with Gasteiger partial charge in [0.1, 0.15) is 0 Å². The maximum atomic E-state index is 11.4. The molecule has 0 aliphatic heterocycles. The molecule has 2 aromatic carbocycles. The van der Waals surface area contributed by atoms with Crippen molar-refractivity contribution in [3.05, 3.63) is 76.4 Å². The maximum absolute atomic E-state index is 11.4. The summed E-state index contributed by atoms with van der Waals surface area (Å²) < 4.78 is 1.83. The number of hydrogen-bond donors (Lipinski definition) is 0. The molecule has 0 aliphatic carbocycles. The van der Waals surface area contributed by atoms with Crippen LogP contribution in [0.5, 0.6) is 5.75 Å². The zero-order chi connectivity index (χ0) is 19.3. The van der Waals surface area contributed by atoms with Gasteiger partial charge in [0.15, 0.2) is 0 Å². The van der Waals surface area contributed by atoms with E-state index in [0.29, 0.717) is 0 Å². The van der Waals surface area contributed by atoms with Gasteiger partial charge >= 0.3 is 29.6 Å². The Labute approximate surface area is 194 Å². The van der Waals surface area contributed by atoms with Crippen molar-refractivity contribution in [2.45, 2.75) is 52.0 Å². The van der Waals surface area contributed by atoms with Gasteiger partial charge in [0.05, 0.1) is 0 Å². The van der Waals surface area contributed by atoms with E-state index >= 15 is 0 Å². The predicted molar refractivity (Wildman–Crippen MR) is 113 cm³/mol. The first-order valence-corrected chi connectivity index (χ1v) is 10.5. The van der Waals surface area contributed by atoms with Gasteiger partial charge in [-0.1, -0.05) is 105 Å². The van der Waals surface area contributed by atoms with Crippen molar-refractivity contribution in [3.63, 3.8) is 0 Å². The average Bonchev–Trinajstić information content (AvgIpc) is 3.11. The largest absolute Gasteiger partial charge is 1.00 e. The van der Waals surface area contributed by atoms with Crippen molar-refractivity contribution in [2.75, 3.05) is 0 Å². The summed E-state index contributed by atoms with van der Waals surface area (Å²) >= 11 is 1.52. The molecule has 28 heavy (non-hydrogen) atoms. The number of hydrogen-bond acceptors (Lipinski definition) is 3. The Morgan fingerprint density at radius 3 is 2.14 bits per heavy atom. The molecule has 3 aromatic rings. The van der Waals surface area contributed by atoms with Gasteiger partial charge in [-0.25, -0.2) is 0 Å².